The number of carbonyl (C=O) groups excluding carboxylic acids is 1. The number of nitrogens with zero attached hydrogens (tertiary/aromatic N) is 3. The summed E-state index contributed by atoms with van der Waals surface area (Å²) in [6.45, 7) is 5.72. The Labute approximate surface area is 199 Å². The molecule has 1 aliphatic rings. The number of fused-ring (bicyclic) bond motifs is 1. The molecule has 2 aromatic heterocycles. The number of aryl methyl sites for hydroxylation is 2. The fraction of sp³-hybridized carbons (Fsp3) is 0.370. The van der Waals surface area contributed by atoms with Gasteiger partial charge in [0.2, 0.25) is 0 Å². The number of ether oxygens (including phenoxy) is 1. The highest BCUT2D eigenvalue weighted by Gasteiger charge is 2.22. The minimum Gasteiger partial charge on any atom is -0.489 e. The highest BCUT2D eigenvalue weighted by atomic mass is 16.5. The lowest BCUT2D eigenvalue weighted by Gasteiger charge is -2.21. The van der Waals surface area contributed by atoms with Crippen LogP contribution in [0.25, 0.3) is 10.9 Å². The molecule has 1 saturated heterocycles. The van der Waals surface area contributed by atoms with Crippen molar-refractivity contribution in [2.75, 3.05) is 13.1 Å². The van der Waals surface area contributed by atoms with Crippen LogP contribution in [0.5, 0.6) is 5.75 Å². The van der Waals surface area contributed by atoms with E-state index >= 15 is 0 Å². The molecule has 1 fully saturated rings. The number of rotatable bonds is 6. The minimum atomic E-state index is 0.0725. The van der Waals surface area contributed by atoms with Gasteiger partial charge >= 0.3 is 0 Å². The molecule has 0 saturated carbocycles. The summed E-state index contributed by atoms with van der Waals surface area (Å²) in [5, 5.41) is 12.2. The van der Waals surface area contributed by atoms with Gasteiger partial charge in [-0.3, -0.25) is 9.89 Å². The highest BCUT2D eigenvalue weighted by molar-refractivity contribution is 5.94. The fourth-order valence-corrected chi connectivity index (χ4v) is 4.79. The van der Waals surface area contributed by atoms with Crippen molar-refractivity contribution in [2.24, 2.45) is 5.92 Å². The Morgan fingerprint density at radius 2 is 2.09 bits per heavy atom. The van der Waals surface area contributed by atoms with Gasteiger partial charge in [-0.2, -0.15) is 5.10 Å². The molecule has 176 valence electrons. The quantitative estimate of drug-likeness (QED) is 0.428. The summed E-state index contributed by atoms with van der Waals surface area (Å²) in [6, 6.07) is 14.0. The van der Waals surface area contributed by atoms with Gasteiger partial charge in [-0.15, -0.1) is 0 Å². The van der Waals surface area contributed by atoms with Crippen molar-refractivity contribution in [3.05, 3.63) is 76.8 Å². The molecule has 2 aromatic carbocycles. The predicted molar refractivity (Wildman–Crippen MR) is 130 cm³/mol. The normalized spacial score (nSPS) is 16.5. The monoisotopic (exact) mass is 458 g/mol. The molecule has 0 bridgehead atoms. The SMILES string of the molecule is Cc1noc(C)c1COc1cccc(C(=O)N2CCCC(Cc3ccc4[nH]ncc4c3)CC2)c1. The van der Waals surface area contributed by atoms with E-state index in [4.69, 9.17) is 9.26 Å². The van der Waals surface area contributed by atoms with Crippen LogP contribution >= 0.6 is 0 Å². The van der Waals surface area contributed by atoms with Crippen LogP contribution in [0.3, 0.4) is 0 Å². The summed E-state index contributed by atoms with van der Waals surface area (Å²) in [6.07, 6.45) is 6.07. The molecule has 7 nitrogen and oxygen atoms in total. The first-order valence-corrected chi connectivity index (χ1v) is 11.9. The van der Waals surface area contributed by atoms with E-state index in [-0.39, 0.29) is 5.91 Å². The Balaban J connectivity index is 1.19. The summed E-state index contributed by atoms with van der Waals surface area (Å²) >= 11 is 0. The van der Waals surface area contributed by atoms with E-state index in [9.17, 15) is 4.79 Å². The summed E-state index contributed by atoms with van der Waals surface area (Å²) in [5.41, 5.74) is 4.84. The zero-order valence-electron chi connectivity index (χ0n) is 19.7. The van der Waals surface area contributed by atoms with Crippen molar-refractivity contribution in [3.8, 4) is 5.75 Å². The van der Waals surface area contributed by atoms with Crippen molar-refractivity contribution in [1.29, 1.82) is 0 Å². The molecule has 1 unspecified atom stereocenters. The first-order chi connectivity index (χ1) is 16.6. The van der Waals surface area contributed by atoms with E-state index in [1.54, 1.807) is 0 Å². The lowest BCUT2D eigenvalue weighted by Crippen LogP contribution is -2.32. The lowest BCUT2D eigenvalue weighted by molar-refractivity contribution is 0.0759. The third kappa shape index (κ3) is 4.83. The Morgan fingerprint density at radius 1 is 1.18 bits per heavy atom. The maximum absolute atomic E-state index is 13.3. The Hall–Kier alpha value is -3.61. The number of H-pyrrole nitrogens is 1. The number of nitrogens with one attached hydrogen (secondary N) is 1. The number of aromatic nitrogens is 3. The second-order valence-corrected chi connectivity index (χ2v) is 9.20. The Kier molecular flexibility index (Phi) is 6.34. The zero-order valence-corrected chi connectivity index (χ0v) is 19.7. The summed E-state index contributed by atoms with van der Waals surface area (Å²) < 4.78 is 11.1. The minimum absolute atomic E-state index is 0.0725. The number of likely N-dealkylation sites (tertiary alicyclic amines) is 1. The summed E-state index contributed by atoms with van der Waals surface area (Å²) in [4.78, 5) is 15.3. The fourth-order valence-electron chi connectivity index (χ4n) is 4.79. The second-order valence-electron chi connectivity index (χ2n) is 9.20. The van der Waals surface area contributed by atoms with Gasteiger partial charge in [0.25, 0.3) is 5.91 Å². The number of carbonyl (C=O) groups is 1. The van der Waals surface area contributed by atoms with Crippen LogP contribution in [-0.4, -0.2) is 39.3 Å². The first-order valence-electron chi connectivity index (χ1n) is 11.9. The number of amides is 1. The first kappa shape index (κ1) is 22.2. The molecular weight excluding hydrogens is 428 g/mol. The molecule has 34 heavy (non-hydrogen) atoms. The van der Waals surface area contributed by atoms with E-state index in [1.165, 1.54) is 5.56 Å². The van der Waals surface area contributed by atoms with Crippen molar-refractivity contribution in [3.63, 3.8) is 0 Å². The van der Waals surface area contributed by atoms with Crippen LogP contribution in [0, 0.1) is 19.8 Å². The largest absolute Gasteiger partial charge is 0.489 e. The maximum atomic E-state index is 13.3. The molecule has 1 atom stereocenters. The smallest absolute Gasteiger partial charge is 0.253 e. The highest BCUT2D eigenvalue weighted by Crippen LogP contribution is 2.25. The number of benzene rings is 2. The maximum Gasteiger partial charge on any atom is 0.253 e. The van der Waals surface area contributed by atoms with Gasteiger partial charge in [0.05, 0.1) is 23.0 Å². The summed E-state index contributed by atoms with van der Waals surface area (Å²) in [5.74, 6) is 2.08. The third-order valence-corrected chi connectivity index (χ3v) is 6.81. The van der Waals surface area contributed by atoms with Gasteiger partial charge in [-0.1, -0.05) is 17.3 Å². The molecule has 0 aliphatic carbocycles. The van der Waals surface area contributed by atoms with Crippen molar-refractivity contribution in [2.45, 2.75) is 46.1 Å². The van der Waals surface area contributed by atoms with Crippen LogP contribution in [0.15, 0.2) is 53.2 Å². The van der Waals surface area contributed by atoms with E-state index in [0.717, 1.165) is 66.7 Å². The standard InChI is InChI=1S/C27H30N4O3/c1-18-25(19(2)34-30-18)17-33-24-7-3-6-22(15-24)27(32)31-11-4-5-20(10-12-31)13-21-8-9-26-23(14-21)16-28-29-26/h3,6-9,14-16,20H,4-5,10-13,17H2,1-2H3,(H,28,29). The molecule has 1 N–H and O–H groups in total. The van der Waals surface area contributed by atoms with Gasteiger partial charge in [0.15, 0.2) is 0 Å². The van der Waals surface area contributed by atoms with E-state index in [2.05, 4.69) is 33.6 Å². The average Bonchev–Trinajstić information content (AvgIpc) is 3.36. The summed E-state index contributed by atoms with van der Waals surface area (Å²) in [7, 11) is 0. The van der Waals surface area contributed by atoms with E-state index in [1.807, 2.05) is 49.2 Å². The van der Waals surface area contributed by atoms with E-state index < -0.39 is 0 Å². The third-order valence-electron chi connectivity index (χ3n) is 6.81. The number of hydrogen-bond acceptors (Lipinski definition) is 5. The molecule has 3 heterocycles. The van der Waals surface area contributed by atoms with Crippen LogP contribution in [0.4, 0.5) is 0 Å². The molecule has 0 radical (unpaired) electrons. The van der Waals surface area contributed by atoms with Crippen LogP contribution in [0.1, 0.15) is 52.2 Å². The van der Waals surface area contributed by atoms with Crippen LogP contribution in [-0.2, 0) is 13.0 Å². The van der Waals surface area contributed by atoms with E-state index in [0.29, 0.717) is 23.8 Å². The average molecular weight is 459 g/mol. The van der Waals surface area contributed by atoms with Gasteiger partial charge in [0.1, 0.15) is 18.1 Å². The predicted octanol–water partition coefficient (Wildman–Crippen LogP) is 5.23. The number of aromatic amines is 1. The molecular formula is C27H30N4O3. The molecule has 0 spiro atoms. The van der Waals surface area contributed by atoms with Crippen molar-refractivity contribution < 1.29 is 14.1 Å². The van der Waals surface area contributed by atoms with Gasteiger partial charge in [-0.25, -0.2) is 0 Å². The van der Waals surface area contributed by atoms with Gasteiger partial charge < -0.3 is 14.2 Å². The molecule has 1 aliphatic heterocycles. The lowest BCUT2D eigenvalue weighted by atomic mass is 9.92. The Bertz CT molecular complexity index is 1270. The molecule has 7 heteroatoms. The van der Waals surface area contributed by atoms with Crippen molar-refractivity contribution in [1.82, 2.24) is 20.3 Å². The second kappa shape index (κ2) is 9.71. The molecule has 4 aromatic rings. The zero-order chi connectivity index (χ0) is 23.5. The van der Waals surface area contributed by atoms with Gasteiger partial charge in [0, 0.05) is 24.0 Å². The topological polar surface area (TPSA) is 84.3 Å². The molecule has 5 rings (SSSR count). The number of hydrogen-bond donors (Lipinski definition) is 1. The molecule has 1 amide bonds. The van der Waals surface area contributed by atoms with Crippen molar-refractivity contribution >= 4 is 16.8 Å². The Morgan fingerprint density at radius 3 is 2.94 bits per heavy atom. The van der Waals surface area contributed by atoms with Crippen LogP contribution in [0.2, 0.25) is 0 Å². The van der Waals surface area contributed by atoms with Crippen LogP contribution < -0.4 is 4.74 Å². The van der Waals surface area contributed by atoms with Gasteiger partial charge in [-0.05, 0) is 81.3 Å².